The summed E-state index contributed by atoms with van der Waals surface area (Å²) in [7, 11) is 1.96. The number of benzene rings is 1. The molecule has 3 rings (SSSR count). The molecule has 0 radical (unpaired) electrons. The predicted molar refractivity (Wildman–Crippen MR) is 79.5 cm³/mol. The van der Waals surface area contributed by atoms with E-state index in [9.17, 15) is 0 Å². The highest BCUT2D eigenvalue weighted by atomic mass is 32.2. The van der Waals surface area contributed by atoms with E-state index in [4.69, 9.17) is 5.73 Å². The maximum absolute atomic E-state index is 5.84. The second-order valence-corrected chi connectivity index (χ2v) is 5.50. The predicted octanol–water partition coefficient (Wildman–Crippen LogP) is 2.28. The highest BCUT2D eigenvalue weighted by Gasteiger charge is 2.13. The third-order valence-electron chi connectivity index (χ3n) is 3.27. The zero-order valence-electron chi connectivity index (χ0n) is 11.4. The molecule has 2 aromatic heterocycles. The molecule has 0 amide bonds. The molecule has 0 aliphatic heterocycles. The van der Waals surface area contributed by atoms with Crippen LogP contribution in [0.25, 0.3) is 10.9 Å². The number of pyridine rings is 1. The van der Waals surface area contributed by atoms with E-state index in [-0.39, 0.29) is 0 Å². The molecule has 0 spiro atoms. The van der Waals surface area contributed by atoms with Crippen molar-refractivity contribution in [2.75, 3.05) is 0 Å². The van der Waals surface area contributed by atoms with E-state index in [1.54, 1.807) is 11.8 Å². The van der Waals surface area contributed by atoms with Crippen molar-refractivity contribution in [2.24, 2.45) is 12.8 Å². The average molecular weight is 285 g/mol. The van der Waals surface area contributed by atoms with Crippen molar-refractivity contribution in [3.8, 4) is 0 Å². The van der Waals surface area contributed by atoms with Gasteiger partial charge in [0.2, 0.25) is 0 Å². The molecule has 0 saturated carbocycles. The van der Waals surface area contributed by atoms with Crippen molar-refractivity contribution in [1.29, 1.82) is 0 Å². The summed E-state index contributed by atoms with van der Waals surface area (Å²) in [6.07, 6.45) is 1.84. The Labute approximate surface area is 121 Å². The number of nitrogens with two attached hydrogens (primary N) is 1. The second-order valence-electron chi connectivity index (χ2n) is 4.52. The molecule has 20 heavy (non-hydrogen) atoms. The molecule has 0 saturated heterocycles. The van der Waals surface area contributed by atoms with Gasteiger partial charge in [-0.1, -0.05) is 18.2 Å². The number of aryl methyl sites for hydroxylation is 1. The van der Waals surface area contributed by atoms with Crippen LogP contribution in [0.15, 0.2) is 40.5 Å². The fourth-order valence-electron chi connectivity index (χ4n) is 1.99. The summed E-state index contributed by atoms with van der Waals surface area (Å²) in [5.74, 6) is 0.889. The highest BCUT2D eigenvalue weighted by Crippen LogP contribution is 2.34. The third kappa shape index (κ3) is 2.17. The largest absolute Gasteiger partial charge is 0.326 e. The van der Waals surface area contributed by atoms with Crippen LogP contribution in [-0.4, -0.2) is 19.7 Å². The van der Waals surface area contributed by atoms with Gasteiger partial charge in [-0.25, -0.2) is 0 Å². The summed E-state index contributed by atoms with van der Waals surface area (Å²) < 4.78 is 1.97. The Hall–Kier alpha value is -1.92. The molecule has 0 aliphatic rings. The number of fused-ring (bicyclic) bond motifs is 1. The summed E-state index contributed by atoms with van der Waals surface area (Å²) in [5, 5.41) is 10.3. The Morgan fingerprint density at radius 3 is 2.75 bits per heavy atom. The van der Waals surface area contributed by atoms with Gasteiger partial charge in [-0.3, -0.25) is 4.98 Å². The van der Waals surface area contributed by atoms with Gasteiger partial charge in [0.05, 0.1) is 5.52 Å². The third-order valence-corrected chi connectivity index (χ3v) is 4.49. The molecule has 0 unspecified atom stereocenters. The number of hydrogen-bond acceptors (Lipinski definition) is 5. The van der Waals surface area contributed by atoms with Crippen LogP contribution in [-0.2, 0) is 13.6 Å². The molecule has 0 aliphatic carbocycles. The van der Waals surface area contributed by atoms with Crippen LogP contribution in [0.4, 0.5) is 0 Å². The Balaban J connectivity index is 2.16. The molecule has 102 valence electrons. The topological polar surface area (TPSA) is 69.6 Å². The van der Waals surface area contributed by atoms with E-state index in [1.165, 1.54) is 0 Å². The minimum atomic E-state index is 0.455. The Morgan fingerprint density at radius 1 is 1.25 bits per heavy atom. The first-order valence-electron chi connectivity index (χ1n) is 6.31. The van der Waals surface area contributed by atoms with E-state index in [1.807, 2.05) is 42.9 Å². The number of nitrogens with zero attached hydrogens (tertiary/aromatic N) is 4. The first-order valence-corrected chi connectivity index (χ1v) is 7.13. The van der Waals surface area contributed by atoms with Gasteiger partial charge in [-0.05, 0) is 30.3 Å². The normalized spacial score (nSPS) is 11.2. The van der Waals surface area contributed by atoms with Crippen LogP contribution in [0.5, 0.6) is 0 Å². The minimum absolute atomic E-state index is 0.455. The lowest BCUT2D eigenvalue weighted by Gasteiger charge is -2.10. The molecule has 2 heterocycles. The van der Waals surface area contributed by atoms with Crippen molar-refractivity contribution >= 4 is 22.7 Å². The summed E-state index contributed by atoms with van der Waals surface area (Å²) >= 11 is 1.59. The maximum atomic E-state index is 5.84. The van der Waals surface area contributed by atoms with E-state index < -0.39 is 0 Å². The Morgan fingerprint density at radius 2 is 2.05 bits per heavy atom. The first-order chi connectivity index (χ1) is 9.70. The van der Waals surface area contributed by atoms with Gasteiger partial charge in [-0.2, -0.15) is 0 Å². The standard InChI is InChI=1S/C14H15N5S/c1-9-17-18-14(19(9)2)20-13-10(7-15)8-16-12-6-4-3-5-11(12)13/h3-6,8H,7,15H2,1-2H3. The van der Waals surface area contributed by atoms with Crippen molar-refractivity contribution in [2.45, 2.75) is 23.5 Å². The van der Waals surface area contributed by atoms with Crippen molar-refractivity contribution < 1.29 is 0 Å². The Bertz CT molecular complexity index is 765. The van der Waals surface area contributed by atoms with Crippen LogP contribution in [0.3, 0.4) is 0 Å². The van der Waals surface area contributed by atoms with Crippen LogP contribution in [0, 0.1) is 6.92 Å². The first kappa shape index (κ1) is 13.1. The van der Waals surface area contributed by atoms with Crippen molar-refractivity contribution in [3.05, 3.63) is 41.9 Å². The van der Waals surface area contributed by atoms with E-state index in [0.29, 0.717) is 6.54 Å². The molecule has 0 fully saturated rings. The van der Waals surface area contributed by atoms with E-state index >= 15 is 0 Å². The van der Waals surface area contributed by atoms with Gasteiger partial charge in [-0.15, -0.1) is 10.2 Å². The number of rotatable bonds is 3. The lowest BCUT2D eigenvalue weighted by atomic mass is 10.1. The van der Waals surface area contributed by atoms with E-state index in [2.05, 4.69) is 21.2 Å². The van der Waals surface area contributed by atoms with Gasteiger partial charge < -0.3 is 10.3 Å². The average Bonchev–Trinajstić information content (AvgIpc) is 2.79. The molecule has 0 atom stereocenters. The van der Waals surface area contributed by atoms with Crippen molar-refractivity contribution in [3.63, 3.8) is 0 Å². The van der Waals surface area contributed by atoms with Crippen LogP contribution >= 0.6 is 11.8 Å². The molecule has 1 aromatic carbocycles. The summed E-state index contributed by atoms with van der Waals surface area (Å²) in [6.45, 7) is 2.39. The Kier molecular flexibility index (Phi) is 3.42. The van der Waals surface area contributed by atoms with Gasteiger partial charge in [0, 0.05) is 30.1 Å². The molecule has 5 nitrogen and oxygen atoms in total. The molecule has 0 bridgehead atoms. The van der Waals surface area contributed by atoms with Gasteiger partial charge in [0.25, 0.3) is 0 Å². The van der Waals surface area contributed by atoms with Crippen LogP contribution in [0.1, 0.15) is 11.4 Å². The lowest BCUT2D eigenvalue weighted by Crippen LogP contribution is -2.01. The summed E-state index contributed by atoms with van der Waals surface area (Å²) in [4.78, 5) is 5.55. The van der Waals surface area contributed by atoms with Gasteiger partial charge in [0.15, 0.2) is 5.16 Å². The maximum Gasteiger partial charge on any atom is 0.195 e. The fraction of sp³-hybridized carbons (Fsp3) is 0.214. The van der Waals surface area contributed by atoms with Gasteiger partial charge in [0.1, 0.15) is 5.82 Å². The minimum Gasteiger partial charge on any atom is -0.326 e. The lowest BCUT2D eigenvalue weighted by molar-refractivity contribution is 0.765. The SMILES string of the molecule is Cc1nnc(Sc2c(CN)cnc3ccccc23)n1C. The molecule has 6 heteroatoms. The molecular formula is C14H15N5S. The number of aromatic nitrogens is 4. The van der Waals surface area contributed by atoms with Crippen LogP contribution < -0.4 is 5.73 Å². The molecule has 2 N–H and O–H groups in total. The smallest absolute Gasteiger partial charge is 0.195 e. The monoisotopic (exact) mass is 285 g/mol. The summed E-state index contributed by atoms with van der Waals surface area (Å²) in [6, 6.07) is 8.06. The van der Waals surface area contributed by atoms with E-state index in [0.717, 1.165) is 32.3 Å². The van der Waals surface area contributed by atoms with Gasteiger partial charge >= 0.3 is 0 Å². The highest BCUT2D eigenvalue weighted by molar-refractivity contribution is 7.99. The molecular weight excluding hydrogens is 270 g/mol. The van der Waals surface area contributed by atoms with Crippen molar-refractivity contribution in [1.82, 2.24) is 19.7 Å². The van der Waals surface area contributed by atoms with Crippen LogP contribution in [0.2, 0.25) is 0 Å². The molecule has 3 aromatic rings. The number of hydrogen-bond donors (Lipinski definition) is 1. The zero-order valence-corrected chi connectivity index (χ0v) is 12.2. The zero-order chi connectivity index (χ0) is 14.1. The fourth-order valence-corrected chi connectivity index (χ4v) is 3.07. The second kappa shape index (κ2) is 5.22. The summed E-state index contributed by atoms with van der Waals surface area (Å²) in [5.41, 5.74) is 7.83. The number of para-hydroxylation sites is 1. The quantitative estimate of drug-likeness (QED) is 0.799.